The second kappa shape index (κ2) is 10.7. The Morgan fingerprint density at radius 3 is 2.38 bits per heavy atom. The number of aryl methyl sites for hydroxylation is 1. The predicted molar refractivity (Wildman–Crippen MR) is 169 cm³/mol. The molecule has 3 atom stereocenters. The van der Waals surface area contributed by atoms with E-state index in [2.05, 4.69) is 86.1 Å². The molecule has 8 heteroatoms. The van der Waals surface area contributed by atoms with Gasteiger partial charge < -0.3 is 14.8 Å². The molecule has 1 N–H and O–H groups in total. The zero-order valence-electron chi connectivity index (χ0n) is 25.0. The van der Waals surface area contributed by atoms with E-state index in [1.165, 1.54) is 68.4 Å². The topological polar surface area (TPSA) is 64.3 Å². The van der Waals surface area contributed by atoms with Gasteiger partial charge in [-0.2, -0.15) is 0 Å². The normalized spacial score (nSPS) is 27.4. The standard InChI is InChI=1S/C34H44N8/c1-25-38-30-9-5-6-10-31(30)42(25)29-23-27-11-12-28(24-29)40(27)21-15-34(26-7-3-2-4-8-26)13-19-39(20-14-34)33-37-18-22-41(33)32-35-16-17-36-32/h2-10,27-29H,11-24H2,1H3,(H,35,36)/t27-,28+,29?. The highest BCUT2D eigenvalue weighted by atomic mass is 15.5. The first-order valence-electron chi connectivity index (χ1n) is 16.3. The molecule has 0 saturated carbocycles. The Bertz CT molecular complexity index is 1470. The van der Waals surface area contributed by atoms with Crippen molar-refractivity contribution in [1.29, 1.82) is 0 Å². The number of imidazole rings is 1. The summed E-state index contributed by atoms with van der Waals surface area (Å²) in [6.07, 6.45) is 8.76. The van der Waals surface area contributed by atoms with Gasteiger partial charge >= 0.3 is 0 Å². The first-order valence-corrected chi connectivity index (χ1v) is 16.3. The lowest BCUT2D eigenvalue weighted by molar-refractivity contribution is 0.0884. The van der Waals surface area contributed by atoms with Gasteiger partial charge in [-0.15, -0.1) is 0 Å². The maximum Gasteiger partial charge on any atom is 0.203 e. The Hall–Kier alpha value is -3.39. The van der Waals surface area contributed by atoms with Crippen molar-refractivity contribution in [3.63, 3.8) is 0 Å². The highest BCUT2D eigenvalue weighted by Gasteiger charge is 2.44. The number of hydrogen-bond donors (Lipinski definition) is 1. The molecule has 3 aromatic rings. The fourth-order valence-corrected chi connectivity index (χ4v) is 8.87. The summed E-state index contributed by atoms with van der Waals surface area (Å²) in [4.78, 5) is 22.3. The Balaban J connectivity index is 0.976. The van der Waals surface area contributed by atoms with Crippen molar-refractivity contribution in [1.82, 2.24) is 29.6 Å². The van der Waals surface area contributed by atoms with Gasteiger partial charge in [0.25, 0.3) is 0 Å². The molecule has 5 aliphatic heterocycles. The molecule has 2 aromatic carbocycles. The van der Waals surface area contributed by atoms with Crippen molar-refractivity contribution >= 4 is 23.0 Å². The maximum absolute atomic E-state index is 4.94. The molecule has 42 heavy (non-hydrogen) atoms. The first kappa shape index (κ1) is 26.3. The quantitative estimate of drug-likeness (QED) is 0.492. The van der Waals surface area contributed by atoms with Crippen molar-refractivity contribution in [3.05, 3.63) is 66.0 Å². The van der Waals surface area contributed by atoms with Crippen molar-refractivity contribution in [2.75, 3.05) is 45.8 Å². The number of nitrogens with one attached hydrogen (secondary N) is 1. The van der Waals surface area contributed by atoms with E-state index in [4.69, 9.17) is 15.0 Å². The fraction of sp³-hybridized carbons (Fsp3) is 0.559. The molecule has 0 spiro atoms. The molecule has 0 aliphatic carbocycles. The van der Waals surface area contributed by atoms with Gasteiger partial charge in [0, 0.05) is 44.3 Å². The molecule has 1 unspecified atom stereocenters. The van der Waals surface area contributed by atoms with Crippen LogP contribution >= 0.6 is 0 Å². The van der Waals surface area contributed by atoms with E-state index >= 15 is 0 Å². The Labute approximate surface area is 249 Å². The van der Waals surface area contributed by atoms with Crippen LogP contribution in [0.3, 0.4) is 0 Å². The number of aromatic nitrogens is 2. The number of aliphatic imine (C=N–C) groups is 2. The Morgan fingerprint density at radius 1 is 0.857 bits per heavy atom. The number of guanidine groups is 2. The van der Waals surface area contributed by atoms with Crippen LogP contribution < -0.4 is 5.32 Å². The first-order chi connectivity index (χ1) is 20.7. The molecule has 5 aliphatic rings. The van der Waals surface area contributed by atoms with Crippen molar-refractivity contribution in [2.45, 2.75) is 75.4 Å². The van der Waals surface area contributed by atoms with Crippen LogP contribution in [0.1, 0.15) is 62.4 Å². The van der Waals surface area contributed by atoms with E-state index in [1.54, 1.807) is 0 Å². The summed E-state index contributed by atoms with van der Waals surface area (Å²) in [5.41, 5.74) is 4.20. The molecule has 8 nitrogen and oxygen atoms in total. The summed E-state index contributed by atoms with van der Waals surface area (Å²) in [7, 11) is 0. The van der Waals surface area contributed by atoms with Gasteiger partial charge in [-0.1, -0.05) is 42.5 Å². The summed E-state index contributed by atoms with van der Waals surface area (Å²) in [6.45, 7) is 9.12. The largest absolute Gasteiger partial charge is 0.354 e. The number of hydrogen-bond acceptors (Lipinski definition) is 7. The van der Waals surface area contributed by atoms with Gasteiger partial charge in [0.1, 0.15) is 5.82 Å². The monoisotopic (exact) mass is 564 g/mol. The van der Waals surface area contributed by atoms with Gasteiger partial charge in [0.15, 0.2) is 0 Å². The summed E-state index contributed by atoms with van der Waals surface area (Å²) >= 11 is 0. The van der Waals surface area contributed by atoms with Gasteiger partial charge in [-0.05, 0) is 81.5 Å². The van der Waals surface area contributed by atoms with Crippen LogP contribution in [0.5, 0.6) is 0 Å². The third-order valence-corrected chi connectivity index (χ3v) is 11.0. The summed E-state index contributed by atoms with van der Waals surface area (Å²) < 4.78 is 2.56. The van der Waals surface area contributed by atoms with Crippen LogP contribution in [0.4, 0.5) is 0 Å². The molecule has 3 saturated heterocycles. The number of para-hydroxylation sites is 2. The molecule has 6 heterocycles. The minimum absolute atomic E-state index is 0.221. The van der Waals surface area contributed by atoms with Crippen LogP contribution in [-0.2, 0) is 5.41 Å². The van der Waals surface area contributed by atoms with E-state index in [9.17, 15) is 0 Å². The number of piperidine rings is 2. The highest BCUT2D eigenvalue weighted by Crippen LogP contribution is 2.45. The van der Waals surface area contributed by atoms with E-state index in [0.717, 1.165) is 56.7 Å². The fourth-order valence-electron chi connectivity index (χ4n) is 8.87. The SMILES string of the molecule is Cc1nc2ccccc2n1C1C[C@H]2CC[C@@H](C1)N2CCC1(c2ccccc2)CCN(C2=NCCN2C2=NCCN2)CC1. The second-order valence-corrected chi connectivity index (χ2v) is 13.1. The molecule has 8 rings (SSSR count). The summed E-state index contributed by atoms with van der Waals surface area (Å²) in [5, 5.41) is 3.46. The number of rotatable bonds is 5. The molecule has 0 amide bonds. The third kappa shape index (κ3) is 4.50. The van der Waals surface area contributed by atoms with E-state index < -0.39 is 0 Å². The zero-order chi connectivity index (χ0) is 28.1. The molecule has 3 fully saturated rings. The average molecular weight is 565 g/mol. The molecule has 2 bridgehead atoms. The number of fused-ring (bicyclic) bond motifs is 3. The molecule has 220 valence electrons. The van der Waals surface area contributed by atoms with Gasteiger partial charge in [0.2, 0.25) is 11.9 Å². The summed E-state index contributed by atoms with van der Waals surface area (Å²) in [6, 6.07) is 22.0. The Kier molecular flexibility index (Phi) is 6.69. The molecule has 1 aromatic heterocycles. The van der Waals surface area contributed by atoms with Gasteiger partial charge in [0.05, 0.1) is 24.1 Å². The van der Waals surface area contributed by atoms with Crippen LogP contribution in [-0.4, -0.2) is 94.1 Å². The molecular formula is C34H44N8. The number of likely N-dealkylation sites (tertiary alicyclic amines) is 1. The summed E-state index contributed by atoms with van der Waals surface area (Å²) in [5.74, 6) is 3.32. The predicted octanol–water partition coefficient (Wildman–Crippen LogP) is 4.57. The third-order valence-electron chi connectivity index (χ3n) is 11.0. The minimum atomic E-state index is 0.221. The zero-order valence-corrected chi connectivity index (χ0v) is 25.0. The van der Waals surface area contributed by atoms with Crippen LogP contribution in [0, 0.1) is 6.92 Å². The average Bonchev–Trinajstić information content (AvgIpc) is 3.82. The van der Waals surface area contributed by atoms with Crippen molar-refractivity contribution in [3.8, 4) is 0 Å². The second-order valence-electron chi connectivity index (χ2n) is 13.1. The maximum atomic E-state index is 4.94. The van der Waals surface area contributed by atoms with Gasteiger partial charge in [-0.25, -0.2) is 4.98 Å². The van der Waals surface area contributed by atoms with Crippen molar-refractivity contribution in [2.24, 2.45) is 9.98 Å². The lowest BCUT2D eigenvalue weighted by atomic mass is 9.70. The molecular weight excluding hydrogens is 520 g/mol. The lowest BCUT2D eigenvalue weighted by Crippen LogP contribution is -2.53. The van der Waals surface area contributed by atoms with Crippen LogP contribution in [0.15, 0.2) is 64.6 Å². The molecule has 0 radical (unpaired) electrons. The van der Waals surface area contributed by atoms with Crippen LogP contribution in [0.2, 0.25) is 0 Å². The van der Waals surface area contributed by atoms with E-state index in [0.29, 0.717) is 18.1 Å². The van der Waals surface area contributed by atoms with Crippen molar-refractivity contribution < 1.29 is 0 Å². The van der Waals surface area contributed by atoms with E-state index in [1.807, 2.05) is 0 Å². The minimum Gasteiger partial charge on any atom is -0.354 e. The van der Waals surface area contributed by atoms with Gasteiger partial charge in [-0.3, -0.25) is 19.8 Å². The number of benzene rings is 2. The van der Waals surface area contributed by atoms with E-state index in [-0.39, 0.29) is 5.41 Å². The highest BCUT2D eigenvalue weighted by molar-refractivity contribution is 6.00. The number of nitrogens with zero attached hydrogens (tertiary/aromatic N) is 7. The Morgan fingerprint density at radius 2 is 1.62 bits per heavy atom. The smallest absolute Gasteiger partial charge is 0.203 e. The lowest BCUT2D eigenvalue weighted by Gasteiger charge is -2.46. The van der Waals surface area contributed by atoms with Crippen LogP contribution in [0.25, 0.3) is 11.0 Å².